The van der Waals surface area contributed by atoms with Gasteiger partial charge in [-0.05, 0) is 49.6 Å². The number of hydrogen-bond donors (Lipinski definition) is 1. The smallest absolute Gasteiger partial charge is 0.344 e. The molecule has 0 fully saturated rings. The minimum atomic E-state index is -3.72. The van der Waals surface area contributed by atoms with Crippen LogP contribution in [0.4, 0.5) is 0 Å². The zero-order valence-corrected chi connectivity index (χ0v) is 18.4. The third kappa shape index (κ3) is 4.28. The summed E-state index contributed by atoms with van der Waals surface area (Å²) in [6.45, 7) is 3.45. The topological polar surface area (TPSA) is 103 Å². The number of sulfonamides is 1. The zero-order chi connectivity index (χ0) is 22.9. The molecule has 0 radical (unpaired) electrons. The van der Waals surface area contributed by atoms with Crippen molar-refractivity contribution in [3.05, 3.63) is 82.2 Å². The molecule has 0 saturated heterocycles. The summed E-state index contributed by atoms with van der Waals surface area (Å²) >= 11 is 0. The molecule has 1 aromatic heterocycles. The van der Waals surface area contributed by atoms with Crippen LogP contribution in [0.15, 0.2) is 74.8 Å². The van der Waals surface area contributed by atoms with Crippen molar-refractivity contribution in [1.29, 1.82) is 0 Å². The molecule has 4 rings (SSSR count). The highest BCUT2D eigenvalue weighted by Gasteiger charge is 2.17. The molecule has 0 saturated carbocycles. The van der Waals surface area contributed by atoms with E-state index in [1.807, 2.05) is 19.1 Å². The van der Waals surface area contributed by atoms with E-state index in [0.717, 1.165) is 16.3 Å². The van der Waals surface area contributed by atoms with Crippen LogP contribution in [0.2, 0.25) is 0 Å². The number of carbonyl (C=O) groups excluding carboxylic acids is 1. The van der Waals surface area contributed by atoms with Crippen LogP contribution in [0.1, 0.15) is 17.5 Å². The Bertz CT molecular complexity index is 1490. The normalized spacial score (nSPS) is 11.7. The maximum atomic E-state index is 12.3. The minimum absolute atomic E-state index is 0.110. The average Bonchev–Trinajstić information content (AvgIpc) is 2.76. The molecule has 1 heterocycles. The van der Waals surface area contributed by atoms with Crippen LogP contribution in [0.5, 0.6) is 5.75 Å². The molecule has 0 aliphatic carbocycles. The van der Waals surface area contributed by atoms with Gasteiger partial charge in [-0.15, -0.1) is 0 Å². The molecule has 0 aliphatic heterocycles. The molecule has 7 nitrogen and oxygen atoms in total. The fourth-order valence-electron chi connectivity index (χ4n) is 3.43. The summed E-state index contributed by atoms with van der Waals surface area (Å²) in [7, 11) is -3.72. The SMILES string of the molecule is Cc1ccc(S(=O)(=O)NCCC(=O)Oc2ccc3c(oc(=O)c4ccccc43)c2C)cc1. The summed E-state index contributed by atoms with van der Waals surface area (Å²) in [5, 5.41) is 1.97. The number of carbonyl (C=O) groups is 1. The van der Waals surface area contributed by atoms with Crippen molar-refractivity contribution in [2.24, 2.45) is 0 Å². The Morgan fingerprint density at radius 1 is 0.938 bits per heavy atom. The Balaban J connectivity index is 1.48. The standard InChI is InChI=1S/C24H21NO6S/c1-15-7-9-17(10-8-15)32(28,29)25-14-13-22(26)30-21-12-11-19-18-5-3-4-6-20(18)24(27)31-23(19)16(21)2/h3-12,25H,13-14H2,1-2H3. The molecule has 1 N–H and O–H groups in total. The lowest BCUT2D eigenvalue weighted by molar-refractivity contribution is -0.134. The van der Waals surface area contributed by atoms with E-state index >= 15 is 0 Å². The van der Waals surface area contributed by atoms with E-state index in [9.17, 15) is 18.0 Å². The maximum Gasteiger partial charge on any atom is 0.344 e. The van der Waals surface area contributed by atoms with E-state index in [4.69, 9.17) is 9.15 Å². The number of esters is 1. The predicted octanol–water partition coefficient (Wildman–Crippen LogP) is 3.84. The number of fused-ring (bicyclic) bond motifs is 3. The molecule has 8 heteroatoms. The number of hydrogen-bond acceptors (Lipinski definition) is 6. The molecular formula is C24H21NO6S. The van der Waals surface area contributed by atoms with Gasteiger partial charge in [0, 0.05) is 17.5 Å². The van der Waals surface area contributed by atoms with Crippen molar-refractivity contribution in [3.63, 3.8) is 0 Å². The lowest BCUT2D eigenvalue weighted by atomic mass is 10.0. The molecule has 0 amide bonds. The predicted molar refractivity (Wildman–Crippen MR) is 121 cm³/mol. The van der Waals surface area contributed by atoms with Gasteiger partial charge in [0.2, 0.25) is 10.0 Å². The summed E-state index contributed by atoms with van der Waals surface area (Å²) in [6.07, 6.45) is -0.162. The van der Waals surface area contributed by atoms with Crippen LogP contribution in [0.3, 0.4) is 0 Å². The molecule has 0 unspecified atom stereocenters. The van der Waals surface area contributed by atoms with Gasteiger partial charge in [0.15, 0.2) is 0 Å². The van der Waals surface area contributed by atoms with E-state index in [1.165, 1.54) is 12.1 Å². The van der Waals surface area contributed by atoms with Crippen LogP contribution < -0.4 is 15.1 Å². The Hall–Kier alpha value is -3.49. The lowest BCUT2D eigenvalue weighted by Gasteiger charge is -2.11. The summed E-state index contributed by atoms with van der Waals surface area (Å²) in [5.41, 5.74) is 1.34. The van der Waals surface area contributed by atoms with Crippen molar-refractivity contribution in [1.82, 2.24) is 4.72 Å². The van der Waals surface area contributed by atoms with E-state index in [1.54, 1.807) is 43.3 Å². The van der Waals surface area contributed by atoms with Gasteiger partial charge in [0.25, 0.3) is 0 Å². The van der Waals surface area contributed by atoms with Gasteiger partial charge in [-0.2, -0.15) is 0 Å². The Kier molecular flexibility index (Phi) is 5.82. The van der Waals surface area contributed by atoms with E-state index < -0.39 is 21.6 Å². The summed E-state index contributed by atoms with van der Waals surface area (Å²) < 4.78 is 37.9. The second-order valence-electron chi connectivity index (χ2n) is 7.44. The highest BCUT2D eigenvalue weighted by Crippen LogP contribution is 2.31. The summed E-state index contributed by atoms with van der Waals surface area (Å²) in [4.78, 5) is 24.7. The van der Waals surface area contributed by atoms with Crippen LogP contribution in [0.25, 0.3) is 21.7 Å². The van der Waals surface area contributed by atoms with E-state index in [2.05, 4.69) is 4.72 Å². The lowest BCUT2D eigenvalue weighted by Crippen LogP contribution is -2.27. The number of nitrogens with one attached hydrogen (secondary N) is 1. The average molecular weight is 452 g/mol. The van der Waals surface area contributed by atoms with Crippen LogP contribution in [0, 0.1) is 13.8 Å². The largest absolute Gasteiger partial charge is 0.426 e. The molecule has 164 valence electrons. The zero-order valence-electron chi connectivity index (χ0n) is 17.5. The molecule has 3 aromatic carbocycles. The van der Waals surface area contributed by atoms with Crippen molar-refractivity contribution < 1.29 is 22.4 Å². The molecular weight excluding hydrogens is 430 g/mol. The second-order valence-corrected chi connectivity index (χ2v) is 9.20. The van der Waals surface area contributed by atoms with Gasteiger partial charge in [-0.1, -0.05) is 35.9 Å². The first-order chi connectivity index (χ1) is 15.3. The van der Waals surface area contributed by atoms with Crippen molar-refractivity contribution in [3.8, 4) is 5.75 Å². The quantitative estimate of drug-likeness (QED) is 0.207. The Morgan fingerprint density at radius 2 is 1.62 bits per heavy atom. The monoisotopic (exact) mass is 451 g/mol. The molecule has 0 spiro atoms. The van der Waals surface area contributed by atoms with Gasteiger partial charge < -0.3 is 9.15 Å². The Morgan fingerprint density at radius 3 is 2.34 bits per heavy atom. The van der Waals surface area contributed by atoms with E-state index in [0.29, 0.717) is 16.5 Å². The first-order valence-electron chi connectivity index (χ1n) is 9.98. The number of ether oxygens (including phenoxy) is 1. The summed E-state index contributed by atoms with van der Waals surface area (Å²) in [5.74, 6) is -0.357. The van der Waals surface area contributed by atoms with Gasteiger partial charge in [0.1, 0.15) is 11.3 Å². The van der Waals surface area contributed by atoms with Gasteiger partial charge in [-0.3, -0.25) is 4.79 Å². The van der Waals surface area contributed by atoms with Crippen molar-refractivity contribution >= 4 is 37.7 Å². The first-order valence-corrected chi connectivity index (χ1v) is 11.5. The molecule has 0 atom stereocenters. The van der Waals surface area contributed by atoms with E-state index in [-0.39, 0.29) is 23.6 Å². The highest BCUT2D eigenvalue weighted by molar-refractivity contribution is 7.89. The summed E-state index contributed by atoms with van der Waals surface area (Å²) in [6, 6.07) is 16.9. The molecule has 0 bridgehead atoms. The molecule has 4 aromatic rings. The third-order valence-corrected chi connectivity index (χ3v) is 6.64. The highest BCUT2D eigenvalue weighted by atomic mass is 32.2. The van der Waals surface area contributed by atoms with Gasteiger partial charge in [-0.25, -0.2) is 17.9 Å². The first kappa shape index (κ1) is 21.7. The van der Waals surface area contributed by atoms with Gasteiger partial charge in [0.05, 0.1) is 16.7 Å². The minimum Gasteiger partial charge on any atom is -0.426 e. The fourth-order valence-corrected chi connectivity index (χ4v) is 4.47. The van der Waals surface area contributed by atoms with Gasteiger partial charge >= 0.3 is 11.6 Å². The fraction of sp³-hybridized carbons (Fsp3) is 0.167. The second kappa shape index (κ2) is 8.57. The Labute approximate surface area is 184 Å². The third-order valence-electron chi connectivity index (χ3n) is 5.16. The number of aryl methyl sites for hydroxylation is 2. The molecule has 32 heavy (non-hydrogen) atoms. The number of benzene rings is 3. The van der Waals surface area contributed by atoms with Crippen molar-refractivity contribution in [2.45, 2.75) is 25.2 Å². The number of rotatable bonds is 6. The van der Waals surface area contributed by atoms with Crippen LogP contribution in [-0.4, -0.2) is 20.9 Å². The maximum absolute atomic E-state index is 12.3. The van der Waals surface area contributed by atoms with Crippen LogP contribution in [-0.2, 0) is 14.8 Å². The van der Waals surface area contributed by atoms with Crippen LogP contribution >= 0.6 is 0 Å². The molecule has 0 aliphatic rings. The van der Waals surface area contributed by atoms with Crippen molar-refractivity contribution in [2.75, 3.05) is 6.54 Å².